The first-order valence-electron chi connectivity index (χ1n) is 8.25. The van der Waals surface area contributed by atoms with Crippen molar-refractivity contribution in [2.75, 3.05) is 13.1 Å². The number of allylic oxidation sites excluding steroid dienone is 2. The Kier molecular flexibility index (Phi) is 3.13. The van der Waals surface area contributed by atoms with Gasteiger partial charge in [0, 0.05) is 24.4 Å². The van der Waals surface area contributed by atoms with Crippen molar-refractivity contribution >= 4 is 5.91 Å². The monoisotopic (exact) mass is 281 g/mol. The number of carbonyl (C=O) groups excluding carboxylic acids is 1. The zero-order chi connectivity index (χ0) is 14.3. The van der Waals surface area contributed by atoms with Crippen LogP contribution in [-0.4, -0.2) is 23.9 Å². The van der Waals surface area contributed by atoms with Crippen molar-refractivity contribution in [1.29, 1.82) is 0 Å². The van der Waals surface area contributed by atoms with Gasteiger partial charge >= 0.3 is 0 Å². The predicted octanol–water partition coefficient (Wildman–Crippen LogP) is 3.75. The van der Waals surface area contributed by atoms with E-state index in [2.05, 4.69) is 47.4 Å². The third kappa shape index (κ3) is 2.31. The molecular weight excluding hydrogens is 258 g/mol. The first-order valence-corrected chi connectivity index (χ1v) is 8.25. The highest BCUT2D eigenvalue weighted by Crippen LogP contribution is 2.56. The molecule has 0 aromatic heterocycles. The van der Waals surface area contributed by atoms with Crippen LogP contribution in [0.25, 0.3) is 0 Å². The lowest BCUT2D eigenvalue weighted by Crippen LogP contribution is -2.64. The van der Waals surface area contributed by atoms with Crippen molar-refractivity contribution < 1.29 is 4.79 Å². The Labute approximate surface area is 126 Å². The summed E-state index contributed by atoms with van der Waals surface area (Å²) in [4.78, 5) is 14.6. The van der Waals surface area contributed by atoms with Crippen LogP contribution in [0.4, 0.5) is 0 Å². The van der Waals surface area contributed by atoms with Gasteiger partial charge in [0.25, 0.3) is 0 Å². The summed E-state index contributed by atoms with van der Waals surface area (Å²) >= 11 is 0. The zero-order valence-electron chi connectivity index (χ0n) is 12.5. The molecule has 3 aliphatic rings. The van der Waals surface area contributed by atoms with Gasteiger partial charge in [-0.15, -0.1) is 0 Å². The Balaban J connectivity index is 1.30. The Bertz CT molecular complexity index is 548. The Morgan fingerprint density at radius 1 is 1.10 bits per heavy atom. The van der Waals surface area contributed by atoms with E-state index < -0.39 is 0 Å². The predicted molar refractivity (Wildman–Crippen MR) is 83.9 cm³/mol. The number of likely N-dealkylation sites (tertiary alicyclic amines) is 1. The van der Waals surface area contributed by atoms with Gasteiger partial charge in [0.2, 0.25) is 5.91 Å². The van der Waals surface area contributed by atoms with Crippen LogP contribution in [0.5, 0.6) is 0 Å². The van der Waals surface area contributed by atoms with Crippen LogP contribution in [0.15, 0.2) is 42.5 Å². The molecule has 21 heavy (non-hydrogen) atoms. The molecule has 1 saturated carbocycles. The number of amides is 1. The number of carbonyl (C=O) groups is 1. The molecule has 2 aliphatic carbocycles. The molecule has 1 spiro atoms. The molecule has 1 unspecified atom stereocenters. The van der Waals surface area contributed by atoms with Gasteiger partial charge in [0.05, 0.1) is 0 Å². The third-order valence-electron chi connectivity index (χ3n) is 5.61. The molecule has 2 fully saturated rings. The van der Waals surface area contributed by atoms with E-state index in [0.29, 0.717) is 11.3 Å². The summed E-state index contributed by atoms with van der Waals surface area (Å²) in [5, 5.41) is 0. The summed E-state index contributed by atoms with van der Waals surface area (Å²) in [6, 6.07) is 10.8. The molecule has 1 atom stereocenters. The molecule has 0 bridgehead atoms. The fourth-order valence-corrected chi connectivity index (χ4v) is 4.40. The molecule has 1 aliphatic heterocycles. The maximum atomic E-state index is 12.5. The van der Waals surface area contributed by atoms with Gasteiger partial charge in [-0.2, -0.15) is 0 Å². The topological polar surface area (TPSA) is 20.3 Å². The zero-order valence-corrected chi connectivity index (χ0v) is 12.5. The van der Waals surface area contributed by atoms with E-state index >= 15 is 0 Å². The Morgan fingerprint density at radius 3 is 2.52 bits per heavy atom. The fourth-order valence-electron chi connectivity index (χ4n) is 4.40. The van der Waals surface area contributed by atoms with Crippen LogP contribution in [0, 0.1) is 11.3 Å². The molecule has 1 aromatic carbocycles. The maximum Gasteiger partial charge on any atom is 0.226 e. The van der Waals surface area contributed by atoms with Crippen LogP contribution in [0.1, 0.15) is 43.6 Å². The number of rotatable bonds is 2. The van der Waals surface area contributed by atoms with Gasteiger partial charge in [-0.05, 0) is 43.6 Å². The average Bonchev–Trinajstić information content (AvgIpc) is 2.46. The average molecular weight is 281 g/mol. The van der Waals surface area contributed by atoms with Crippen LogP contribution in [0.3, 0.4) is 0 Å². The third-order valence-corrected chi connectivity index (χ3v) is 5.61. The molecule has 1 amide bonds. The van der Waals surface area contributed by atoms with E-state index in [1.54, 1.807) is 0 Å². The summed E-state index contributed by atoms with van der Waals surface area (Å²) in [6.45, 7) is 2.02. The van der Waals surface area contributed by atoms with Crippen LogP contribution in [0.2, 0.25) is 0 Å². The van der Waals surface area contributed by atoms with Gasteiger partial charge in [-0.3, -0.25) is 4.79 Å². The van der Waals surface area contributed by atoms with Gasteiger partial charge in [-0.25, -0.2) is 0 Å². The van der Waals surface area contributed by atoms with Gasteiger partial charge in [0.15, 0.2) is 0 Å². The number of nitrogens with zero attached hydrogens (tertiary/aromatic N) is 1. The van der Waals surface area contributed by atoms with E-state index in [-0.39, 0.29) is 5.92 Å². The molecule has 1 aromatic rings. The fraction of sp³-hybridized carbons (Fsp3) is 0.526. The maximum absolute atomic E-state index is 12.5. The van der Waals surface area contributed by atoms with Crippen molar-refractivity contribution in [3.8, 4) is 0 Å². The SMILES string of the molecule is O=C(C1CC=CCC1)N1CC2(CC(c3ccccc3)C2)C1. The molecular formula is C19H23NO. The summed E-state index contributed by atoms with van der Waals surface area (Å²) in [6.07, 6.45) is 10.00. The molecule has 1 heterocycles. The second-order valence-corrected chi connectivity index (χ2v) is 7.19. The molecule has 0 radical (unpaired) electrons. The summed E-state index contributed by atoms with van der Waals surface area (Å²) in [5.74, 6) is 1.39. The Morgan fingerprint density at radius 2 is 1.86 bits per heavy atom. The minimum absolute atomic E-state index is 0.261. The normalized spacial score (nSPS) is 27.2. The molecule has 2 heteroatoms. The van der Waals surface area contributed by atoms with E-state index in [1.165, 1.54) is 18.4 Å². The minimum atomic E-state index is 0.261. The lowest BCUT2D eigenvalue weighted by atomic mass is 9.56. The summed E-state index contributed by atoms with van der Waals surface area (Å²) in [7, 11) is 0. The molecule has 4 rings (SSSR count). The highest BCUT2D eigenvalue weighted by molar-refractivity contribution is 5.80. The largest absolute Gasteiger partial charge is 0.341 e. The van der Waals surface area contributed by atoms with Crippen molar-refractivity contribution in [1.82, 2.24) is 4.90 Å². The smallest absolute Gasteiger partial charge is 0.226 e. The minimum Gasteiger partial charge on any atom is -0.341 e. The van der Waals surface area contributed by atoms with Gasteiger partial charge < -0.3 is 4.90 Å². The summed E-state index contributed by atoms with van der Waals surface area (Å²) in [5.41, 5.74) is 1.94. The van der Waals surface area contributed by atoms with E-state index in [9.17, 15) is 4.79 Å². The number of hydrogen-bond donors (Lipinski definition) is 0. The van der Waals surface area contributed by atoms with Crippen LogP contribution < -0.4 is 0 Å². The first kappa shape index (κ1) is 13.1. The van der Waals surface area contributed by atoms with E-state index in [0.717, 1.165) is 38.3 Å². The summed E-state index contributed by atoms with van der Waals surface area (Å²) < 4.78 is 0. The van der Waals surface area contributed by atoms with E-state index in [4.69, 9.17) is 0 Å². The quantitative estimate of drug-likeness (QED) is 0.756. The van der Waals surface area contributed by atoms with E-state index in [1.807, 2.05) is 0 Å². The molecule has 110 valence electrons. The van der Waals surface area contributed by atoms with Gasteiger partial charge in [0.1, 0.15) is 0 Å². The standard InChI is InChI=1S/C19H23NO/c21-18(16-9-5-2-6-10-16)20-13-19(14-20)11-17(12-19)15-7-3-1-4-8-15/h1-5,7-8,16-17H,6,9-14H2. The Hall–Kier alpha value is -1.57. The lowest BCUT2D eigenvalue weighted by molar-refractivity contribution is -0.156. The molecule has 2 nitrogen and oxygen atoms in total. The van der Waals surface area contributed by atoms with Crippen LogP contribution in [-0.2, 0) is 4.79 Å². The second kappa shape index (κ2) is 5.01. The highest BCUT2D eigenvalue weighted by atomic mass is 16.2. The molecule has 1 saturated heterocycles. The number of benzene rings is 1. The number of hydrogen-bond acceptors (Lipinski definition) is 1. The van der Waals surface area contributed by atoms with Crippen molar-refractivity contribution in [2.24, 2.45) is 11.3 Å². The van der Waals surface area contributed by atoms with Crippen molar-refractivity contribution in [3.05, 3.63) is 48.0 Å². The van der Waals surface area contributed by atoms with Gasteiger partial charge in [-0.1, -0.05) is 42.5 Å². The second-order valence-electron chi connectivity index (χ2n) is 7.19. The lowest BCUT2D eigenvalue weighted by Gasteiger charge is -2.59. The highest BCUT2D eigenvalue weighted by Gasteiger charge is 2.54. The first-order chi connectivity index (χ1) is 10.3. The van der Waals surface area contributed by atoms with Crippen LogP contribution >= 0.6 is 0 Å². The van der Waals surface area contributed by atoms with Crippen molar-refractivity contribution in [2.45, 2.75) is 38.0 Å². The molecule has 0 N–H and O–H groups in total. The van der Waals surface area contributed by atoms with Crippen molar-refractivity contribution in [3.63, 3.8) is 0 Å².